The fraction of sp³-hybridized carbons (Fsp3) is 0.455. The van der Waals surface area contributed by atoms with E-state index in [0.717, 1.165) is 5.56 Å². The van der Waals surface area contributed by atoms with Crippen molar-refractivity contribution in [1.82, 2.24) is 4.98 Å². The van der Waals surface area contributed by atoms with E-state index in [1.165, 1.54) is 0 Å². The van der Waals surface area contributed by atoms with Gasteiger partial charge in [0.05, 0.1) is 13.2 Å². The van der Waals surface area contributed by atoms with E-state index in [9.17, 15) is 0 Å². The molecule has 0 saturated carbocycles. The summed E-state index contributed by atoms with van der Waals surface area (Å²) in [5.41, 5.74) is 1.57. The highest BCUT2D eigenvalue weighted by atomic mass is 16.5. The summed E-state index contributed by atoms with van der Waals surface area (Å²) >= 11 is 0. The minimum atomic E-state index is 0.388. The molecule has 1 heterocycles. The summed E-state index contributed by atoms with van der Waals surface area (Å²) in [5.74, 6) is 0.825. The van der Waals surface area contributed by atoms with Crippen LogP contribution in [-0.4, -0.2) is 11.6 Å². The highest BCUT2D eigenvalue weighted by Gasteiger charge is 2.07. The van der Waals surface area contributed by atoms with Crippen LogP contribution in [-0.2, 0) is 0 Å². The molecule has 1 aromatic heterocycles. The van der Waals surface area contributed by atoms with Gasteiger partial charge in [0, 0.05) is 6.20 Å². The van der Waals surface area contributed by atoms with Crippen molar-refractivity contribution in [3.63, 3.8) is 0 Å². The molecule has 0 N–H and O–H groups in total. The summed E-state index contributed by atoms with van der Waals surface area (Å²) in [7, 11) is 0. The molecular formula is C11H14N2O. The Bertz CT molecular complexity index is 353. The average Bonchev–Trinajstić information content (AvgIpc) is 2.18. The lowest BCUT2D eigenvalue weighted by atomic mass is 10.1. The van der Waals surface area contributed by atoms with Crippen LogP contribution in [0.3, 0.4) is 0 Å². The highest BCUT2D eigenvalue weighted by Crippen LogP contribution is 2.28. The Morgan fingerprint density at radius 2 is 2.29 bits per heavy atom. The molecule has 0 bridgehead atoms. The number of rotatable bonds is 3. The molecule has 0 aliphatic heterocycles. The molecule has 0 aromatic carbocycles. The maximum absolute atomic E-state index is 7.01. The molecule has 0 radical (unpaired) electrons. The van der Waals surface area contributed by atoms with Gasteiger partial charge in [-0.15, -0.1) is 0 Å². The van der Waals surface area contributed by atoms with Crippen LogP contribution in [0.2, 0.25) is 0 Å². The molecule has 0 amide bonds. The molecule has 14 heavy (non-hydrogen) atoms. The molecule has 0 unspecified atom stereocenters. The first-order valence-electron chi connectivity index (χ1n) is 4.69. The summed E-state index contributed by atoms with van der Waals surface area (Å²) in [6.45, 7) is 13.6. The van der Waals surface area contributed by atoms with Gasteiger partial charge in [0.15, 0.2) is 0 Å². The van der Waals surface area contributed by atoms with Crippen LogP contribution >= 0.6 is 0 Å². The average molecular weight is 190 g/mol. The molecule has 1 rings (SSSR count). The molecule has 0 spiro atoms. The van der Waals surface area contributed by atoms with Gasteiger partial charge >= 0.3 is 0 Å². The van der Waals surface area contributed by atoms with Crippen LogP contribution in [0.4, 0.5) is 5.69 Å². The van der Waals surface area contributed by atoms with Crippen molar-refractivity contribution in [2.75, 3.05) is 6.61 Å². The predicted molar refractivity (Wildman–Crippen MR) is 55.8 cm³/mol. The van der Waals surface area contributed by atoms with Crippen molar-refractivity contribution in [1.29, 1.82) is 0 Å². The van der Waals surface area contributed by atoms with Crippen molar-refractivity contribution in [3.8, 4) is 5.88 Å². The van der Waals surface area contributed by atoms with Gasteiger partial charge in [0.25, 0.3) is 0 Å². The van der Waals surface area contributed by atoms with Crippen molar-refractivity contribution in [2.24, 2.45) is 0 Å². The number of aromatic nitrogens is 1. The zero-order valence-electron chi connectivity index (χ0n) is 8.74. The Hall–Kier alpha value is -1.56. The summed E-state index contributed by atoms with van der Waals surface area (Å²) in [6.07, 6.45) is 1.77. The lowest BCUT2D eigenvalue weighted by Crippen LogP contribution is -1.96. The second kappa shape index (κ2) is 4.61. The van der Waals surface area contributed by atoms with Crippen LogP contribution < -0.4 is 4.74 Å². The zero-order valence-corrected chi connectivity index (χ0v) is 8.74. The van der Waals surface area contributed by atoms with Gasteiger partial charge in [-0.1, -0.05) is 13.8 Å². The minimum absolute atomic E-state index is 0.388. The van der Waals surface area contributed by atoms with Gasteiger partial charge in [-0.05, 0) is 24.5 Å². The van der Waals surface area contributed by atoms with Crippen LogP contribution in [0, 0.1) is 6.57 Å². The summed E-state index contributed by atoms with van der Waals surface area (Å²) in [5, 5.41) is 0. The highest BCUT2D eigenvalue weighted by molar-refractivity contribution is 5.55. The van der Waals surface area contributed by atoms with Crippen molar-refractivity contribution >= 4 is 5.69 Å². The Morgan fingerprint density at radius 1 is 1.57 bits per heavy atom. The quantitative estimate of drug-likeness (QED) is 0.684. The third-order valence-electron chi connectivity index (χ3n) is 1.92. The first kappa shape index (κ1) is 10.5. The molecule has 0 saturated heterocycles. The van der Waals surface area contributed by atoms with Gasteiger partial charge in [-0.25, -0.2) is 9.83 Å². The van der Waals surface area contributed by atoms with E-state index < -0.39 is 0 Å². The van der Waals surface area contributed by atoms with E-state index >= 15 is 0 Å². The Labute approximate surface area is 84.6 Å². The normalized spacial score (nSPS) is 9.93. The summed E-state index contributed by atoms with van der Waals surface area (Å²) < 4.78 is 5.24. The van der Waals surface area contributed by atoms with Gasteiger partial charge in [-0.2, -0.15) is 0 Å². The van der Waals surface area contributed by atoms with Gasteiger partial charge in [0.1, 0.15) is 0 Å². The van der Waals surface area contributed by atoms with E-state index in [-0.39, 0.29) is 0 Å². The Morgan fingerprint density at radius 3 is 2.79 bits per heavy atom. The van der Waals surface area contributed by atoms with Crippen molar-refractivity contribution in [2.45, 2.75) is 26.7 Å². The zero-order chi connectivity index (χ0) is 10.6. The number of hydrogen-bond donors (Lipinski definition) is 0. The van der Waals surface area contributed by atoms with E-state index in [1.54, 1.807) is 6.20 Å². The maximum atomic E-state index is 7.01. The molecule has 0 aliphatic carbocycles. The van der Waals surface area contributed by atoms with Gasteiger partial charge in [-0.3, -0.25) is 0 Å². The molecule has 0 atom stereocenters. The Kier molecular flexibility index (Phi) is 3.47. The summed E-state index contributed by atoms with van der Waals surface area (Å²) in [6, 6.07) is 1.84. The fourth-order valence-corrected chi connectivity index (χ4v) is 1.10. The first-order valence-corrected chi connectivity index (χ1v) is 4.69. The molecule has 0 aliphatic rings. The number of pyridine rings is 1. The van der Waals surface area contributed by atoms with Crippen molar-refractivity contribution < 1.29 is 4.74 Å². The van der Waals surface area contributed by atoms with E-state index in [1.807, 2.05) is 13.0 Å². The monoisotopic (exact) mass is 190 g/mol. The predicted octanol–water partition coefficient (Wildman–Crippen LogP) is 3.15. The minimum Gasteiger partial charge on any atom is -0.487 e. The summed E-state index contributed by atoms with van der Waals surface area (Å²) in [4.78, 5) is 7.52. The number of hydrogen-bond acceptors (Lipinski definition) is 2. The molecule has 74 valence electrons. The molecule has 1 aromatic rings. The topological polar surface area (TPSA) is 26.5 Å². The molecule has 0 fully saturated rings. The van der Waals surface area contributed by atoms with E-state index in [0.29, 0.717) is 24.1 Å². The largest absolute Gasteiger partial charge is 0.487 e. The second-order valence-corrected chi connectivity index (χ2v) is 3.29. The third-order valence-corrected chi connectivity index (χ3v) is 1.92. The van der Waals surface area contributed by atoms with Gasteiger partial charge < -0.3 is 4.74 Å². The SMILES string of the molecule is [C-]#[N+]c1cc(C(C)C)cnc1OCC. The Balaban J connectivity index is 3.07. The lowest BCUT2D eigenvalue weighted by molar-refractivity contribution is 0.329. The smallest absolute Gasteiger partial charge is 0.247 e. The van der Waals surface area contributed by atoms with Crippen molar-refractivity contribution in [3.05, 3.63) is 29.2 Å². The lowest BCUT2D eigenvalue weighted by Gasteiger charge is -2.08. The van der Waals surface area contributed by atoms with Crippen LogP contribution in [0.15, 0.2) is 12.3 Å². The third kappa shape index (κ3) is 2.23. The fourth-order valence-electron chi connectivity index (χ4n) is 1.10. The standard InChI is InChI=1S/C11H14N2O/c1-5-14-11-10(12-4)6-9(7-13-11)8(2)3/h6-8H,5H2,1-3H3. The number of nitrogens with zero attached hydrogens (tertiary/aromatic N) is 2. The van der Waals surface area contributed by atoms with Gasteiger partial charge in [0.2, 0.25) is 11.6 Å². The van der Waals surface area contributed by atoms with Crippen LogP contribution in [0.5, 0.6) is 5.88 Å². The van der Waals surface area contributed by atoms with Crippen LogP contribution in [0.25, 0.3) is 4.85 Å². The molecular weight excluding hydrogens is 176 g/mol. The maximum Gasteiger partial charge on any atom is 0.247 e. The first-order chi connectivity index (χ1) is 6.69. The molecule has 3 heteroatoms. The van der Waals surface area contributed by atoms with E-state index in [2.05, 4.69) is 23.7 Å². The van der Waals surface area contributed by atoms with E-state index in [4.69, 9.17) is 11.3 Å². The molecule has 3 nitrogen and oxygen atoms in total. The number of ether oxygens (including phenoxy) is 1. The second-order valence-electron chi connectivity index (χ2n) is 3.29. The van der Waals surface area contributed by atoms with Crippen LogP contribution in [0.1, 0.15) is 32.3 Å².